The van der Waals surface area contributed by atoms with Gasteiger partial charge in [-0.2, -0.15) is 0 Å². The first-order valence-corrected chi connectivity index (χ1v) is 3.74. The van der Waals surface area contributed by atoms with Crippen LogP contribution in [0, 0.1) is 5.92 Å². The van der Waals surface area contributed by atoms with Crippen molar-refractivity contribution in [2.24, 2.45) is 11.1 Å². The van der Waals surface area contributed by atoms with Crippen LogP contribution in [0.5, 0.6) is 0 Å². The van der Waals surface area contributed by atoms with Gasteiger partial charge in [0.1, 0.15) is 0 Å². The van der Waals surface area contributed by atoms with Crippen LogP contribution in [0.2, 0.25) is 0 Å². The summed E-state index contributed by atoms with van der Waals surface area (Å²) >= 11 is 0. The van der Waals surface area contributed by atoms with Gasteiger partial charge in [-0.25, -0.2) is 0 Å². The summed E-state index contributed by atoms with van der Waals surface area (Å²) in [6, 6.07) is 0. The van der Waals surface area contributed by atoms with E-state index in [1.807, 2.05) is 6.92 Å². The Bertz CT molecular complexity index is 128. The highest BCUT2D eigenvalue weighted by molar-refractivity contribution is 5.83. The number of piperidine rings is 1. The van der Waals surface area contributed by atoms with E-state index in [4.69, 9.17) is 5.21 Å². The largest absolute Gasteiger partial charge is 0.411 e. The van der Waals surface area contributed by atoms with Crippen LogP contribution in [0.15, 0.2) is 5.16 Å². The molecule has 0 aliphatic carbocycles. The zero-order chi connectivity index (χ0) is 7.40. The number of oxime groups is 1. The molecule has 1 saturated heterocycles. The Hall–Kier alpha value is -0.570. The zero-order valence-corrected chi connectivity index (χ0v) is 6.30. The molecule has 1 aliphatic heterocycles. The molecule has 0 aromatic carbocycles. The molecule has 58 valence electrons. The average Bonchev–Trinajstić information content (AvgIpc) is 2.05. The van der Waals surface area contributed by atoms with Gasteiger partial charge in [0, 0.05) is 5.92 Å². The molecule has 0 spiro atoms. The topological polar surface area (TPSA) is 44.6 Å². The van der Waals surface area contributed by atoms with Crippen LogP contribution in [0.3, 0.4) is 0 Å². The van der Waals surface area contributed by atoms with Crippen LogP contribution < -0.4 is 5.32 Å². The molecule has 0 radical (unpaired) electrons. The molecule has 0 amide bonds. The van der Waals surface area contributed by atoms with E-state index in [0.29, 0.717) is 5.92 Å². The van der Waals surface area contributed by atoms with Gasteiger partial charge >= 0.3 is 0 Å². The van der Waals surface area contributed by atoms with Crippen molar-refractivity contribution in [1.29, 1.82) is 0 Å². The summed E-state index contributed by atoms with van der Waals surface area (Å²) in [4.78, 5) is 0. The second kappa shape index (κ2) is 3.56. The molecule has 0 saturated carbocycles. The quantitative estimate of drug-likeness (QED) is 0.323. The van der Waals surface area contributed by atoms with E-state index in [9.17, 15) is 0 Å². The smallest absolute Gasteiger partial charge is 0.0571 e. The molecule has 3 heteroatoms. The van der Waals surface area contributed by atoms with E-state index in [0.717, 1.165) is 31.6 Å². The molecule has 10 heavy (non-hydrogen) atoms. The van der Waals surface area contributed by atoms with E-state index < -0.39 is 0 Å². The van der Waals surface area contributed by atoms with E-state index in [2.05, 4.69) is 10.5 Å². The summed E-state index contributed by atoms with van der Waals surface area (Å²) in [5, 5.41) is 14.9. The lowest BCUT2D eigenvalue weighted by atomic mass is 9.94. The summed E-state index contributed by atoms with van der Waals surface area (Å²) in [5.41, 5.74) is 0.876. The number of nitrogens with zero attached hydrogens (tertiary/aromatic N) is 1. The van der Waals surface area contributed by atoms with Gasteiger partial charge in [-0.3, -0.25) is 0 Å². The summed E-state index contributed by atoms with van der Waals surface area (Å²) in [6.45, 7) is 3.99. The number of hydrogen-bond donors (Lipinski definition) is 2. The van der Waals surface area contributed by atoms with Gasteiger partial charge in [0.05, 0.1) is 5.71 Å². The standard InChI is InChI=1S/C7H14N2O/c1-6(9-10)7-2-4-8-5-3-7/h7-8,10H,2-5H2,1H3/b9-6+. The molecule has 0 atom stereocenters. The minimum absolute atomic E-state index is 0.506. The zero-order valence-electron chi connectivity index (χ0n) is 6.30. The minimum Gasteiger partial charge on any atom is -0.411 e. The molecule has 1 fully saturated rings. The Morgan fingerprint density at radius 2 is 2.10 bits per heavy atom. The van der Waals surface area contributed by atoms with Gasteiger partial charge in [-0.15, -0.1) is 0 Å². The first kappa shape index (κ1) is 7.54. The summed E-state index contributed by atoms with van der Waals surface area (Å²) in [7, 11) is 0. The fourth-order valence-corrected chi connectivity index (χ4v) is 1.32. The van der Waals surface area contributed by atoms with E-state index >= 15 is 0 Å². The van der Waals surface area contributed by atoms with Crippen molar-refractivity contribution in [2.45, 2.75) is 19.8 Å². The van der Waals surface area contributed by atoms with Gasteiger partial charge < -0.3 is 10.5 Å². The van der Waals surface area contributed by atoms with Crippen molar-refractivity contribution in [3.05, 3.63) is 0 Å². The lowest BCUT2D eigenvalue weighted by Crippen LogP contribution is -2.30. The Morgan fingerprint density at radius 3 is 2.60 bits per heavy atom. The van der Waals surface area contributed by atoms with Gasteiger partial charge in [-0.05, 0) is 32.9 Å². The van der Waals surface area contributed by atoms with Crippen LogP contribution in [0.1, 0.15) is 19.8 Å². The highest BCUT2D eigenvalue weighted by Crippen LogP contribution is 2.12. The van der Waals surface area contributed by atoms with Crippen molar-refractivity contribution in [3.8, 4) is 0 Å². The van der Waals surface area contributed by atoms with Gasteiger partial charge in [0.15, 0.2) is 0 Å². The number of hydrogen-bond acceptors (Lipinski definition) is 3. The Morgan fingerprint density at radius 1 is 1.50 bits per heavy atom. The van der Waals surface area contributed by atoms with Gasteiger partial charge in [0.2, 0.25) is 0 Å². The third-order valence-electron chi connectivity index (χ3n) is 2.09. The van der Waals surface area contributed by atoms with Crippen molar-refractivity contribution < 1.29 is 5.21 Å². The number of rotatable bonds is 1. The SMILES string of the molecule is C/C(=N\O)C1CCNCC1. The predicted octanol–water partition coefficient (Wildman–Crippen LogP) is 0.836. The van der Waals surface area contributed by atoms with Crippen molar-refractivity contribution in [2.75, 3.05) is 13.1 Å². The van der Waals surface area contributed by atoms with Crippen LogP contribution in [-0.4, -0.2) is 24.0 Å². The third kappa shape index (κ3) is 1.70. The highest BCUT2D eigenvalue weighted by atomic mass is 16.4. The molecule has 0 aromatic heterocycles. The predicted molar refractivity (Wildman–Crippen MR) is 40.5 cm³/mol. The van der Waals surface area contributed by atoms with Crippen molar-refractivity contribution in [1.82, 2.24) is 5.32 Å². The molecule has 0 unspecified atom stereocenters. The summed E-state index contributed by atoms with van der Waals surface area (Å²) in [5.74, 6) is 0.506. The highest BCUT2D eigenvalue weighted by Gasteiger charge is 2.15. The van der Waals surface area contributed by atoms with Crippen LogP contribution >= 0.6 is 0 Å². The fourth-order valence-electron chi connectivity index (χ4n) is 1.32. The third-order valence-corrected chi connectivity index (χ3v) is 2.09. The second-order valence-electron chi connectivity index (χ2n) is 2.77. The Kier molecular flexibility index (Phi) is 2.68. The lowest BCUT2D eigenvalue weighted by Gasteiger charge is -2.21. The molecule has 1 aliphatic rings. The van der Waals surface area contributed by atoms with E-state index in [1.165, 1.54) is 0 Å². The second-order valence-corrected chi connectivity index (χ2v) is 2.77. The fraction of sp³-hybridized carbons (Fsp3) is 0.857. The molecule has 1 heterocycles. The monoisotopic (exact) mass is 142 g/mol. The maximum atomic E-state index is 8.45. The van der Waals surface area contributed by atoms with Crippen molar-refractivity contribution in [3.63, 3.8) is 0 Å². The molecular weight excluding hydrogens is 128 g/mol. The van der Waals surface area contributed by atoms with E-state index in [1.54, 1.807) is 0 Å². The molecule has 0 aromatic rings. The average molecular weight is 142 g/mol. The Balaban J connectivity index is 2.39. The molecule has 3 nitrogen and oxygen atoms in total. The van der Waals surface area contributed by atoms with Gasteiger partial charge in [0.25, 0.3) is 0 Å². The lowest BCUT2D eigenvalue weighted by molar-refractivity contribution is 0.310. The summed E-state index contributed by atoms with van der Waals surface area (Å²) in [6.07, 6.45) is 2.21. The Labute approximate surface area is 61.1 Å². The van der Waals surface area contributed by atoms with E-state index in [-0.39, 0.29) is 0 Å². The van der Waals surface area contributed by atoms with Crippen LogP contribution in [-0.2, 0) is 0 Å². The summed E-state index contributed by atoms with van der Waals surface area (Å²) < 4.78 is 0. The number of nitrogens with one attached hydrogen (secondary N) is 1. The van der Waals surface area contributed by atoms with Gasteiger partial charge in [-0.1, -0.05) is 5.16 Å². The van der Waals surface area contributed by atoms with Crippen molar-refractivity contribution >= 4 is 5.71 Å². The molecule has 1 rings (SSSR count). The van der Waals surface area contributed by atoms with Crippen LogP contribution in [0.4, 0.5) is 0 Å². The normalized spacial score (nSPS) is 23.1. The molecular formula is C7H14N2O. The molecule has 0 bridgehead atoms. The van der Waals surface area contributed by atoms with Crippen LogP contribution in [0.25, 0.3) is 0 Å². The minimum atomic E-state index is 0.506. The maximum absolute atomic E-state index is 8.45. The first-order chi connectivity index (χ1) is 4.84. The molecule has 2 N–H and O–H groups in total. The first-order valence-electron chi connectivity index (χ1n) is 3.74. The maximum Gasteiger partial charge on any atom is 0.0571 e.